The van der Waals surface area contributed by atoms with E-state index in [2.05, 4.69) is 4.98 Å². The molecule has 0 saturated carbocycles. The molecule has 1 aromatic heterocycles. The Balaban J connectivity index is 2.27. The molecule has 0 aliphatic carbocycles. The molecule has 0 radical (unpaired) electrons. The summed E-state index contributed by atoms with van der Waals surface area (Å²) in [7, 11) is 1.74. The molecule has 5 heteroatoms. The van der Waals surface area contributed by atoms with Crippen molar-refractivity contribution in [1.29, 1.82) is 0 Å². The van der Waals surface area contributed by atoms with Crippen LogP contribution in [0.5, 0.6) is 0 Å². The van der Waals surface area contributed by atoms with E-state index in [1.54, 1.807) is 24.3 Å². The van der Waals surface area contributed by atoms with Crippen molar-refractivity contribution in [3.8, 4) is 0 Å². The van der Waals surface area contributed by atoms with Gasteiger partial charge in [0.25, 0.3) is 0 Å². The fourth-order valence-corrected chi connectivity index (χ4v) is 1.31. The first kappa shape index (κ1) is 13.6. The molecule has 0 atom stereocenters. The highest BCUT2D eigenvalue weighted by Crippen LogP contribution is 1.99. The number of carbonyl (C=O) groups excluding carboxylic acids is 1. The second kappa shape index (κ2) is 7.76. The number of carbonyl (C=O) groups is 1. The molecule has 1 rings (SSSR count). The summed E-state index contributed by atoms with van der Waals surface area (Å²) in [6.07, 6.45) is 3.72. The van der Waals surface area contributed by atoms with Crippen LogP contribution in [0.15, 0.2) is 24.5 Å². The molecule has 0 aromatic carbocycles. The zero-order valence-electron chi connectivity index (χ0n) is 10.0. The van der Waals surface area contributed by atoms with Gasteiger partial charge in [0, 0.05) is 26.0 Å². The van der Waals surface area contributed by atoms with E-state index in [0.717, 1.165) is 5.56 Å². The van der Waals surface area contributed by atoms with Crippen LogP contribution < -0.4 is 0 Å². The number of aliphatic hydroxyl groups is 1. The van der Waals surface area contributed by atoms with Crippen molar-refractivity contribution >= 4 is 5.91 Å². The minimum Gasteiger partial charge on any atom is -0.394 e. The van der Waals surface area contributed by atoms with E-state index >= 15 is 0 Å². The number of aliphatic hydroxyl groups excluding tert-OH is 1. The SMILES string of the molecule is CN(CCOCCO)C(=O)Cc1cccnc1. The molecule has 0 saturated heterocycles. The summed E-state index contributed by atoms with van der Waals surface area (Å²) in [5.74, 6) is 0.0330. The summed E-state index contributed by atoms with van der Waals surface area (Å²) in [6, 6.07) is 3.69. The third-order valence-electron chi connectivity index (χ3n) is 2.31. The number of pyridine rings is 1. The van der Waals surface area contributed by atoms with E-state index in [1.807, 2.05) is 12.1 Å². The number of aromatic nitrogens is 1. The molecule has 0 spiro atoms. The first-order valence-corrected chi connectivity index (χ1v) is 5.55. The Morgan fingerprint density at radius 3 is 3.00 bits per heavy atom. The van der Waals surface area contributed by atoms with Crippen molar-refractivity contribution in [2.45, 2.75) is 6.42 Å². The monoisotopic (exact) mass is 238 g/mol. The molecular formula is C12H18N2O3. The van der Waals surface area contributed by atoms with E-state index in [1.165, 1.54) is 0 Å². The average molecular weight is 238 g/mol. The van der Waals surface area contributed by atoms with Gasteiger partial charge >= 0.3 is 0 Å². The van der Waals surface area contributed by atoms with Gasteiger partial charge in [-0.3, -0.25) is 9.78 Å². The van der Waals surface area contributed by atoms with E-state index in [-0.39, 0.29) is 12.5 Å². The van der Waals surface area contributed by atoms with E-state index in [0.29, 0.717) is 26.2 Å². The molecular weight excluding hydrogens is 220 g/mol. The lowest BCUT2D eigenvalue weighted by Gasteiger charge is -2.16. The Morgan fingerprint density at radius 1 is 1.53 bits per heavy atom. The summed E-state index contributed by atoms with van der Waals surface area (Å²) in [5, 5.41) is 8.52. The van der Waals surface area contributed by atoms with Gasteiger partial charge in [0.1, 0.15) is 0 Å². The number of nitrogens with zero attached hydrogens (tertiary/aromatic N) is 2. The van der Waals surface area contributed by atoms with Crippen LogP contribution in [0, 0.1) is 0 Å². The molecule has 0 bridgehead atoms. The molecule has 1 aromatic rings. The molecule has 94 valence electrons. The van der Waals surface area contributed by atoms with Gasteiger partial charge in [-0.2, -0.15) is 0 Å². The van der Waals surface area contributed by atoms with Crippen LogP contribution in [-0.2, 0) is 16.0 Å². The Bertz CT molecular complexity index is 330. The zero-order valence-corrected chi connectivity index (χ0v) is 10.0. The number of amides is 1. The Morgan fingerprint density at radius 2 is 2.35 bits per heavy atom. The molecule has 0 aliphatic rings. The van der Waals surface area contributed by atoms with E-state index in [9.17, 15) is 4.79 Å². The smallest absolute Gasteiger partial charge is 0.226 e. The van der Waals surface area contributed by atoms with Crippen molar-refractivity contribution in [2.75, 3.05) is 33.4 Å². The maximum atomic E-state index is 11.8. The van der Waals surface area contributed by atoms with Crippen molar-refractivity contribution in [3.63, 3.8) is 0 Å². The summed E-state index contributed by atoms with van der Waals surface area (Å²) < 4.78 is 5.10. The summed E-state index contributed by atoms with van der Waals surface area (Å²) in [6.45, 7) is 1.28. The molecule has 1 amide bonds. The van der Waals surface area contributed by atoms with Crippen molar-refractivity contribution in [2.24, 2.45) is 0 Å². The minimum absolute atomic E-state index is 0.00729. The van der Waals surface area contributed by atoms with Crippen LogP contribution in [0.2, 0.25) is 0 Å². The Labute approximate surface area is 101 Å². The van der Waals surface area contributed by atoms with Crippen LogP contribution in [0.3, 0.4) is 0 Å². The van der Waals surface area contributed by atoms with Gasteiger partial charge in [0.2, 0.25) is 5.91 Å². The number of likely N-dealkylation sites (N-methyl/N-ethyl adjacent to an activating group) is 1. The number of rotatable bonds is 7. The topological polar surface area (TPSA) is 62.7 Å². The van der Waals surface area contributed by atoms with Gasteiger partial charge in [0.15, 0.2) is 0 Å². The predicted molar refractivity (Wildman–Crippen MR) is 63.5 cm³/mol. The molecule has 1 N–H and O–H groups in total. The largest absolute Gasteiger partial charge is 0.394 e. The Kier molecular flexibility index (Phi) is 6.21. The third kappa shape index (κ3) is 5.42. The normalized spacial score (nSPS) is 10.2. The maximum absolute atomic E-state index is 11.8. The predicted octanol–water partition coefficient (Wildman–Crippen LogP) is 0.0914. The van der Waals surface area contributed by atoms with Crippen molar-refractivity contribution in [1.82, 2.24) is 9.88 Å². The van der Waals surface area contributed by atoms with Gasteiger partial charge in [-0.25, -0.2) is 0 Å². The van der Waals surface area contributed by atoms with E-state index < -0.39 is 0 Å². The average Bonchev–Trinajstić information content (AvgIpc) is 2.35. The highest BCUT2D eigenvalue weighted by Gasteiger charge is 2.09. The van der Waals surface area contributed by atoms with Crippen LogP contribution in [0.4, 0.5) is 0 Å². The highest BCUT2D eigenvalue weighted by atomic mass is 16.5. The van der Waals surface area contributed by atoms with Crippen LogP contribution in [0.25, 0.3) is 0 Å². The third-order valence-corrected chi connectivity index (χ3v) is 2.31. The Hall–Kier alpha value is -1.46. The summed E-state index contributed by atoms with van der Waals surface area (Å²) in [4.78, 5) is 17.3. The first-order chi connectivity index (χ1) is 8.24. The molecule has 0 aliphatic heterocycles. The molecule has 17 heavy (non-hydrogen) atoms. The second-order valence-electron chi connectivity index (χ2n) is 3.69. The molecule has 1 heterocycles. The highest BCUT2D eigenvalue weighted by molar-refractivity contribution is 5.78. The quantitative estimate of drug-likeness (QED) is 0.684. The number of ether oxygens (including phenoxy) is 1. The summed E-state index contributed by atoms with van der Waals surface area (Å²) in [5.41, 5.74) is 0.903. The van der Waals surface area contributed by atoms with Gasteiger partial charge in [-0.15, -0.1) is 0 Å². The minimum atomic E-state index is 0.00729. The number of hydrogen-bond acceptors (Lipinski definition) is 4. The van der Waals surface area contributed by atoms with Gasteiger partial charge in [-0.05, 0) is 11.6 Å². The molecule has 0 fully saturated rings. The first-order valence-electron chi connectivity index (χ1n) is 5.55. The van der Waals surface area contributed by atoms with Crippen molar-refractivity contribution < 1.29 is 14.6 Å². The fraction of sp³-hybridized carbons (Fsp3) is 0.500. The zero-order chi connectivity index (χ0) is 12.5. The van der Waals surface area contributed by atoms with Gasteiger partial charge < -0.3 is 14.7 Å². The van der Waals surface area contributed by atoms with Crippen LogP contribution in [0.1, 0.15) is 5.56 Å². The summed E-state index contributed by atoms with van der Waals surface area (Å²) >= 11 is 0. The van der Waals surface area contributed by atoms with Gasteiger partial charge in [0.05, 0.1) is 26.2 Å². The van der Waals surface area contributed by atoms with Gasteiger partial charge in [-0.1, -0.05) is 6.07 Å². The fourth-order valence-electron chi connectivity index (χ4n) is 1.31. The van der Waals surface area contributed by atoms with Crippen molar-refractivity contribution in [3.05, 3.63) is 30.1 Å². The lowest BCUT2D eigenvalue weighted by Crippen LogP contribution is -2.31. The standard InChI is InChI=1S/C12H18N2O3/c1-14(5-7-17-8-6-15)12(16)9-11-3-2-4-13-10-11/h2-4,10,15H,5-9H2,1H3. The lowest BCUT2D eigenvalue weighted by molar-refractivity contribution is -0.129. The maximum Gasteiger partial charge on any atom is 0.226 e. The second-order valence-corrected chi connectivity index (χ2v) is 3.69. The molecule has 0 unspecified atom stereocenters. The van der Waals surface area contributed by atoms with E-state index in [4.69, 9.17) is 9.84 Å². The van der Waals surface area contributed by atoms with Crippen LogP contribution >= 0.6 is 0 Å². The molecule has 5 nitrogen and oxygen atoms in total. The lowest BCUT2D eigenvalue weighted by atomic mass is 10.2. The number of hydrogen-bond donors (Lipinski definition) is 1. The van der Waals surface area contributed by atoms with Crippen LogP contribution in [-0.4, -0.2) is 54.3 Å².